The van der Waals surface area contributed by atoms with Crippen molar-refractivity contribution in [1.29, 1.82) is 0 Å². The number of carbonyl (C=O) groups is 2. The lowest BCUT2D eigenvalue weighted by atomic mass is 10.3. The smallest absolute Gasteiger partial charge is 0.321 e. The Labute approximate surface area is 91.8 Å². The van der Waals surface area contributed by atoms with Crippen molar-refractivity contribution in [2.24, 2.45) is 0 Å². The number of halogens is 1. The molecule has 0 aliphatic heterocycles. The maximum atomic E-state index is 11.0. The average Bonchev–Trinajstić information content (AvgIpc) is 2.70. The third kappa shape index (κ3) is 4.51. The van der Waals surface area contributed by atoms with Gasteiger partial charge in [0.2, 0.25) is 5.91 Å². The van der Waals surface area contributed by atoms with Gasteiger partial charge >= 0.3 is 6.03 Å². The lowest BCUT2D eigenvalue weighted by Crippen LogP contribution is -2.40. The zero-order valence-corrected chi connectivity index (χ0v) is 8.71. The van der Waals surface area contributed by atoms with Crippen molar-refractivity contribution in [2.75, 3.05) is 12.4 Å². The van der Waals surface area contributed by atoms with Gasteiger partial charge in [-0.25, -0.2) is 4.79 Å². The normalized spacial score (nSPS) is 9.67. The molecule has 0 saturated carbocycles. The van der Waals surface area contributed by atoms with Crippen LogP contribution in [0.1, 0.15) is 5.76 Å². The fraction of sp³-hybridized carbons (Fsp3) is 0.333. The number of hydrogen-bond donors (Lipinski definition) is 2. The summed E-state index contributed by atoms with van der Waals surface area (Å²) < 4.78 is 5.06. The van der Waals surface area contributed by atoms with E-state index in [0.717, 1.165) is 5.76 Å². The molecule has 0 aliphatic rings. The van der Waals surface area contributed by atoms with Crippen LogP contribution in [0.2, 0.25) is 0 Å². The highest BCUT2D eigenvalue weighted by Gasteiger charge is 2.05. The van der Waals surface area contributed by atoms with Crippen molar-refractivity contribution in [3.63, 3.8) is 0 Å². The first-order chi connectivity index (χ1) is 7.22. The van der Waals surface area contributed by atoms with Gasteiger partial charge in [-0.3, -0.25) is 10.1 Å². The van der Waals surface area contributed by atoms with Gasteiger partial charge in [0.15, 0.2) is 0 Å². The molecule has 1 rings (SSSR count). The Kier molecular flexibility index (Phi) is 4.70. The van der Waals surface area contributed by atoms with Gasteiger partial charge in [-0.15, -0.1) is 11.6 Å². The molecule has 0 aliphatic carbocycles. The summed E-state index contributed by atoms with van der Waals surface area (Å²) in [6.45, 7) is 0.398. The van der Waals surface area contributed by atoms with Gasteiger partial charge in [0.1, 0.15) is 11.6 Å². The van der Waals surface area contributed by atoms with Crippen LogP contribution in [-0.2, 0) is 11.2 Å². The summed E-state index contributed by atoms with van der Waals surface area (Å²) in [6, 6.07) is 3.03. The second-order valence-electron chi connectivity index (χ2n) is 2.77. The lowest BCUT2D eigenvalue weighted by molar-refractivity contribution is -0.117. The maximum absolute atomic E-state index is 11.0. The number of furan rings is 1. The van der Waals surface area contributed by atoms with Crippen LogP contribution in [0, 0.1) is 0 Å². The van der Waals surface area contributed by atoms with Crippen LogP contribution < -0.4 is 10.6 Å². The molecule has 0 radical (unpaired) electrons. The van der Waals surface area contributed by atoms with Crippen LogP contribution in [0.5, 0.6) is 0 Å². The number of hydrogen-bond acceptors (Lipinski definition) is 3. The molecular weight excluding hydrogens is 220 g/mol. The topological polar surface area (TPSA) is 71.3 Å². The summed E-state index contributed by atoms with van der Waals surface area (Å²) in [6.07, 6.45) is 2.14. The van der Waals surface area contributed by atoms with E-state index < -0.39 is 11.9 Å². The van der Waals surface area contributed by atoms with E-state index >= 15 is 0 Å². The first-order valence-electron chi connectivity index (χ1n) is 4.38. The number of urea groups is 1. The quantitative estimate of drug-likeness (QED) is 0.755. The van der Waals surface area contributed by atoms with Crippen molar-refractivity contribution in [2.45, 2.75) is 6.42 Å². The number of rotatable bonds is 4. The molecule has 15 heavy (non-hydrogen) atoms. The van der Waals surface area contributed by atoms with Gasteiger partial charge in [-0.05, 0) is 12.1 Å². The molecule has 0 atom stereocenters. The summed E-state index contributed by atoms with van der Waals surface area (Å²) in [7, 11) is 0. The van der Waals surface area contributed by atoms with Gasteiger partial charge in [0.05, 0.1) is 6.26 Å². The van der Waals surface area contributed by atoms with Crippen LogP contribution in [-0.4, -0.2) is 24.4 Å². The fourth-order valence-corrected chi connectivity index (χ4v) is 1.03. The van der Waals surface area contributed by atoms with Gasteiger partial charge < -0.3 is 9.73 Å². The molecule has 0 unspecified atom stereocenters. The van der Waals surface area contributed by atoms with E-state index in [2.05, 4.69) is 10.6 Å². The standard InChI is InChI=1S/C9H11ClN2O3/c10-6-8(13)12-9(14)11-4-3-7-2-1-5-15-7/h1-2,5H,3-4,6H2,(H2,11,12,13,14). The summed E-state index contributed by atoms with van der Waals surface area (Å²) >= 11 is 5.20. The predicted molar refractivity (Wildman–Crippen MR) is 54.7 cm³/mol. The van der Waals surface area contributed by atoms with Gasteiger partial charge in [-0.1, -0.05) is 0 Å². The van der Waals surface area contributed by atoms with Crippen molar-refractivity contribution < 1.29 is 14.0 Å². The van der Waals surface area contributed by atoms with E-state index in [1.165, 1.54) is 0 Å². The van der Waals surface area contributed by atoms with Crippen LogP contribution in [0.3, 0.4) is 0 Å². The second kappa shape index (κ2) is 6.08. The molecule has 0 aromatic carbocycles. The third-order valence-electron chi connectivity index (χ3n) is 1.61. The largest absolute Gasteiger partial charge is 0.469 e. The fourth-order valence-electron chi connectivity index (χ4n) is 0.958. The van der Waals surface area contributed by atoms with E-state index in [0.29, 0.717) is 13.0 Å². The molecule has 1 heterocycles. The highest BCUT2D eigenvalue weighted by atomic mass is 35.5. The molecule has 82 valence electrons. The molecule has 2 N–H and O–H groups in total. The summed E-state index contributed by atoms with van der Waals surface area (Å²) in [5, 5.41) is 4.55. The van der Waals surface area contributed by atoms with Crippen LogP contribution >= 0.6 is 11.6 Å². The van der Waals surface area contributed by atoms with Crippen LogP contribution in [0.25, 0.3) is 0 Å². The zero-order valence-electron chi connectivity index (χ0n) is 7.96. The molecular formula is C9H11ClN2O3. The minimum atomic E-state index is -0.549. The summed E-state index contributed by atoms with van der Waals surface area (Å²) in [4.78, 5) is 21.7. The number of amides is 3. The molecule has 1 aromatic rings. The van der Waals surface area contributed by atoms with E-state index in [1.807, 2.05) is 6.07 Å². The first kappa shape index (κ1) is 11.6. The molecule has 0 fully saturated rings. The van der Waals surface area contributed by atoms with Gasteiger partial charge in [-0.2, -0.15) is 0 Å². The Hall–Kier alpha value is -1.49. The highest BCUT2D eigenvalue weighted by Crippen LogP contribution is 1.99. The number of imide groups is 1. The predicted octanol–water partition coefficient (Wildman–Crippen LogP) is 0.887. The molecule has 5 nitrogen and oxygen atoms in total. The van der Waals surface area contributed by atoms with Crippen LogP contribution in [0.15, 0.2) is 22.8 Å². The number of carbonyl (C=O) groups excluding carboxylic acids is 2. The molecule has 6 heteroatoms. The minimum absolute atomic E-state index is 0.231. The first-order valence-corrected chi connectivity index (χ1v) is 4.92. The second-order valence-corrected chi connectivity index (χ2v) is 3.03. The Morgan fingerprint density at radius 3 is 2.87 bits per heavy atom. The van der Waals surface area contributed by atoms with E-state index in [-0.39, 0.29) is 5.88 Å². The molecule has 1 aromatic heterocycles. The molecule has 0 saturated heterocycles. The van der Waals surface area contributed by atoms with Crippen molar-refractivity contribution >= 4 is 23.5 Å². The van der Waals surface area contributed by atoms with Crippen molar-refractivity contribution in [3.8, 4) is 0 Å². The maximum Gasteiger partial charge on any atom is 0.321 e. The zero-order chi connectivity index (χ0) is 11.1. The number of nitrogens with one attached hydrogen (secondary N) is 2. The SMILES string of the molecule is O=C(CCl)NC(=O)NCCc1ccco1. The third-order valence-corrected chi connectivity index (χ3v) is 1.85. The summed E-state index contributed by atoms with van der Waals surface area (Å²) in [5.74, 6) is 0.0251. The Morgan fingerprint density at radius 2 is 2.27 bits per heavy atom. The number of alkyl halides is 1. The Bertz CT molecular complexity index is 324. The van der Waals surface area contributed by atoms with Crippen molar-refractivity contribution in [1.82, 2.24) is 10.6 Å². The van der Waals surface area contributed by atoms with Crippen molar-refractivity contribution in [3.05, 3.63) is 24.2 Å². The molecule has 0 spiro atoms. The van der Waals surface area contributed by atoms with Gasteiger partial charge in [0.25, 0.3) is 0 Å². The summed E-state index contributed by atoms with van der Waals surface area (Å²) in [5.41, 5.74) is 0. The highest BCUT2D eigenvalue weighted by molar-refractivity contribution is 6.28. The minimum Gasteiger partial charge on any atom is -0.469 e. The molecule has 0 bridgehead atoms. The van der Waals surface area contributed by atoms with E-state index in [4.69, 9.17) is 16.0 Å². The Balaban J connectivity index is 2.15. The lowest BCUT2D eigenvalue weighted by Gasteiger charge is -2.03. The average molecular weight is 231 g/mol. The van der Waals surface area contributed by atoms with E-state index in [1.54, 1.807) is 12.3 Å². The van der Waals surface area contributed by atoms with Crippen LogP contribution in [0.4, 0.5) is 4.79 Å². The Morgan fingerprint density at radius 1 is 1.47 bits per heavy atom. The molecule has 3 amide bonds. The van der Waals surface area contributed by atoms with E-state index in [9.17, 15) is 9.59 Å². The van der Waals surface area contributed by atoms with Gasteiger partial charge in [0, 0.05) is 13.0 Å². The monoisotopic (exact) mass is 230 g/mol.